The number of carbonyl (C=O) groups excluding carboxylic acids is 2. The maximum Gasteiger partial charge on any atom is 0.236 e. The van der Waals surface area contributed by atoms with Crippen LogP contribution in [-0.4, -0.2) is 68.0 Å². The number of amides is 2. The molecule has 1 aromatic rings. The van der Waals surface area contributed by atoms with Gasteiger partial charge in [0.25, 0.3) is 0 Å². The lowest BCUT2D eigenvalue weighted by atomic mass is 9.97. The molecule has 2 saturated heterocycles. The van der Waals surface area contributed by atoms with Crippen LogP contribution in [0.4, 0.5) is 0 Å². The molecule has 3 rings (SSSR count). The van der Waals surface area contributed by atoms with Crippen molar-refractivity contribution in [1.29, 1.82) is 0 Å². The monoisotopic (exact) mass is 373 g/mol. The van der Waals surface area contributed by atoms with E-state index >= 15 is 0 Å². The van der Waals surface area contributed by atoms with Gasteiger partial charge in [-0.25, -0.2) is 0 Å². The molecule has 27 heavy (non-hydrogen) atoms. The number of rotatable bonds is 7. The summed E-state index contributed by atoms with van der Waals surface area (Å²) in [4.78, 5) is 29.0. The summed E-state index contributed by atoms with van der Waals surface area (Å²) in [7, 11) is 1.63. The second-order valence-electron chi connectivity index (χ2n) is 7.66. The van der Waals surface area contributed by atoms with E-state index in [2.05, 4.69) is 10.2 Å². The van der Waals surface area contributed by atoms with E-state index in [1.807, 2.05) is 29.2 Å². The van der Waals surface area contributed by atoms with Gasteiger partial charge in [-0.3, -0.25) is 14.5 Å². The number of likely N-dealkylation sites (tertiary alicyclic amines) is 2. The van der Waals surface area contributed by atoms with E-state index in [0.717, 1.165) is 50.3 Å². The highest BCUT2D eigenvalue weighted by atomic mass is 16.5. The van der Waals surface area contributed by atoms with Crippen LogP contribution in [0.1, 0.15) is 31.2 Å². The molecule has 2 heterocycles. The van der Waals surface area contributed by atoms with Crippen molar-refractivity contribution in [2.45, 2.75) is 32.1 Å². The Morgan fingerprint density at radius 2 is 1.85 bits per heavy atom. The lowest BCUT2D eigenvalue weighted by Gasteiger charge is -2.34. The molecule has 0 saturated carbocycles. The van der Waals surface area contributed by atoms with Crippen molar-refractivity contribution in [2.75, 3.05) is 46.4 Å². The first-order chi connectivity index (χ1) is 13.1. The summed E-state index contributed by atoms with van der Waals surface area (Å²) in [5.41, 5.74) is 0.972. The van der Waals surface area contributed by atoms with Gasteiger partial charge in [-0.2, -0.15) is 0 Å². The number of hydrogen-bond acceptors (Lipinski definition) is 4. The Hall–Kier alpha value is -2.08. The third kappa shape index (κ3) is 5.96. The van der Waals surface area contributed by atoms with E-state index in [9.17, 15) is 9.59 Å². The van der Waals surface area contributed by atoms with E-state index in [4.69, 9.17) is 4.74 Å². The summed E-state index contributed by atoms with van der Waals surface area (Å²) in [6.07, 6.45) is 4.86. The Morgan fingerprint density at radius 3 is 2.56 bits per heavy atom. The van der Waals surface area contributed by atoms with Crippen LogP contribution in [0.25, 0.3) is 0 Å². The summed E-state index contributed by atoms with van der Waals surface area (Å²) in [6.45, 7) is 4.90. The number of benzene rings is 1. The SMILES string of the molecule is COc1ccc(CC(=O)NC[C@H]2CCCN(C(=O)CN3CCCC3)C2)cc1. The lowest BCUT2D eigenvalue weighted by Crippen LogP contribution is -2.47. The van der Waals surface area contributed by atoms with Crippen LogP contribution in [0.3, 0.4) is 0 Å². The van der Waals surface area contributed by atoms with E-state index < -0.39 is 0 Å². The largest absolute Gasteiger partial charge is 0.497 e. The first-order valence-electron chi connectivity index (χ1n) is 10.0. The quantitative estimate of drug-likeness (QED) is 0.790. The number of hydrogen-bond donors (Lipinski definition) is 1. The van der Waals surface area contributed by atoms with Gasteiger partial charge < -0.3 is 15.0 Å². The minimum Gasteiger partial charge on any atom is -0.497 e. The molecule has 1 atom stereocenters. The predicted octanol–water partition coefficient (Wildman–Crippen LogP) is 1.69. The minimum absolute atomic E-state index is 0.0284. The van der Waals surface area contributed by atoms with Crippen molar-refractivity contribution in [1.82, 2.24) is 15.1 Å². The highest BCUT2D eigenvalue weighted by molar-refractivity contribution is 5.79. The van der Waals surface area contributed by atoms with Gasteiger partial charge in [0.2, 0.25) is 11.8 Å². The maximum atomic E-state index is 12.5. The first kappa shape index (κ1) is 19.7. The number of methoxy groups -OCH3 is 1. The molecule has 148 valence electrons. The van der Waals surface area contributed by atoms with Gasteiger partial charge in [-0.15, -0.1) is 0 Å². The molecule has 0 aliphatic carbocycles. The molecule has 1 aromatic carbocycles. The van der Waals surface area contributed by atoms with E-state index in [1.165, 1.54) is 12.8 Å². The molecule has 6 heteroatoms. The minimum atomic E-state index is 0.0284. The Morgan fingerprint density at radius 1 is 1.11 bits per heavy atom. The van der Waals surface area contributed by atoms with Gasteiger partial charge in [0.05, 0.1) is 20.1 Å². The zero-order valence-corrected chi connectivity index (χ0v) is 16.3. The predicted molar refractivity (Wildman–Crippen MR) is 105 cm³/mol. The topological polar surface area (TPSA) is 61.9 Å². The van der Waals surface area contributed by atoms with Gasteiger partial charge in [0.1, 0.15) is 5.75 Å². The van der Waals surface area contributed by atoms with Crippen molar-refractivity contribution < 1.29 is 14.3 Å². The van der Waals surface area contributed by atoms with E-state index in [1.54, 1.807) is 7.11 Å². The van der Waals surface area contributed by atoms with Crippen LogP contribution in [0.15, 0.2) is 24.3 Å². The molecule has 1 N–H and O–H groups in total. The molecular formula is C21H31N3O3. The zero-order chi connectivity index (χ0) is 19.1. The second kappa shape index (κ2) is 9.74. The Labute approximate surface area is 161 Å². The smallest absolute Gasteiger partial charge is 0.236 e. The van der Waals surface area contributed by atoms with Crippen molar-refractivity contribution >= 4 is 11.8 Å². The second-order valence-corrected chi connectivity index (χ2v) is 7.66. The molecule has 2 fully saturated rings. The number of ether oxygens (including phenoxy) is 1. The number of piperidine rings is 1. The Bertz CT molecular complexity index is 626. The highest BCUT2D eigenvalue weighted by Gasteiger charge is 2.25. The van der Waals surface area contributed by atoms with E-state index in [0.29, 0.717) is 25.4 Å². The molecule has 0 spiro atoms. The zero-order valence-electron chi connectivity index (χ0n) is 16.3. The third-order valence-electron chi connectivity index (χ3n) is 5.54. The number of nitrogens with one attached hydrogen (secondary N) is 1. The highest BCUT2D eigenvalue weighted by Crippen LogP contribution is 2.17. The van der Waals surface area contributed by atoms with Crippen LogP contribution in [-0.2, 0) is 16.0 Å². The summed E-state index contributed by atoms with van der Waals surface area (Å²) in [5, 5.41) is 3.04. The van der Waals surface area contributed by atoms with Gasteiger partial charge in [0, 0.05) is 19.6 Å². The van der Waals surface area contributed by atoms with Gasteiger partial charge in [-0.05, 0) is 62.4 Å². The van der Waals surface area contributed by atoms with Crippen molar-refractivity contribution in [3.63, 3.8) is 0 Å². The van der Waals surface area contributed by atoms with Gasteiger partial charge >= 0.3 is 0 Å². The molecular weight excluding hydrogens is 342 g/mol. The molecule has 0 radical (unpaired) electrons. The average Bonchev–Trinajstić information content (AvgIpc) is 3.20. The number of carbonyl (C=O) groups is 2. The summed E-state index contributed by atoms with van der Waals surface area (Å²) < 4.78 is 5.14. The maximum absolute atomic E-state index is 12.5. The Balaban J connectivity index is 1.40. The van der Waals surface area contributed by atoms with Crippen molar-refractivity contribution in [3.8, 4) is 5.75 Å². The molecule has 2 aliphatic heterocycles. The van der Waals surface area contributed by atoms with Gasteiger partial charge in [0.15, 0.2) is 0 Å². The third-order valence-corrected chi connectivity index (χ3v) is 5.54. The summed E-state index contributed by atoms with van der Waals surface area (Å²) >= 11 is 0. The number of nitrogens with zero attached hydrogens (tertiary/aromatic N) is 2. The normalized spacial score (nSPS) is 20.5. The fourth-order valence-electron chi connectivity index (χ4n) is 3.94. The first-order valence-corrected chi connectivity index (χ1v) is 10.0. The van der Waals surface area contributed by atoms with Crippen LogP contribution in [0.5, 0.6) is 5.75 Å². The van der Waals surface area contributed by atoms with Crippen molar-refractivity contribution in [3.05, 3.63) is 29.8 Å². The van der Waals surface area contributed by atoms with Crippen LogP contribution in [0.2, 0.25) is 0 Å². The van der Waals surface area contributed by atoms with Crippen LogP contribution < -0.4 is 10.1 Å². The summed E-state index contributed by atoms with van der Waals surface area (Å²) in [5.74, 6) is 1.41. The molecule has 2 aliphatic rings. The van der Waals surface area contributed by atoms with Crippen LogP contribution in [0, 0.1) is 5.92 Å². The fraction of sp³-hybridized carbons (Fsp3) is 0.619. The molecule has 0 bridgehead atoms. The molecule has 0 aromatic heterocycles. The summed E-state index contributed by atoms with van der Waals surface area (Å²) in [6, 6.07) is 7.57. The van der Waals surface area contributed by atoms with Crippen molar-refractivity contribution in [2.24, 2.45) is 5.92 Å². The van der Waals surface area contributed by atoms with Crippen LogP contribution >= 0.6 is 0 Å². The fourth-order valence-corrected chi connectivity index (χ4v) is 3.94. The molecule has 0 unspecified atom stereocenters. The molecule has 2 amide bonds. The molecule has 6 nitrogen and oxygen atoms in total. The van der Waals surface area contributed by atoms with E-state index in [-0.39, 0.29) is 11.8 Å². The Kier molecular flexibility index (Phi) is 7.10. The standard InChI is InChI=1S/C21H31N3O3/c1-27-19-8-6-17(7-9-19)13-20(25)22-14-18-5-4-12-24(15-18)21(26)16-23-10-2-3-11-23/h6-9,18H,2-5,10-16H2,1H3,(H,22,25)/t18-/m1/s1. The lowest BCUT2D eigenvalue weighted by molar-refractivity contribution is -0.134. The average molecular weight is 373 g/mol. The van der Waals surface area contributed by atoms with Gasteiger partial charge in [-0.1, -0.05) is 12.1 Å².